The standard InChI is InChI=1S/C26H44N4O6/c1-3-4-5-8-13-18-28-24(33)29(19-14-9-6-11-16-23(32)21-36-2)26(35)30(25(28)34)20-15-10-7-12-17-27-22-31/h3-21H2,1-2H3. The lowest BCUT2D eigenvalue weighted by molar-refractivity contribution is -0.122. The summed E-state index contributed by atoms with van der Waals surface area (Å²) in [5.41, 5.74) is -1.61. The maximum Gasteiger partial charge on any atom is 0.336 e. The number of methoxy groups -OCH3 is 1. The molecular weight excluding hydrogens is 464 g/mol. The van der Waals surface area contributed by atoms with E-state index in [1.54, 1.807) is 0 Å². The monoisotopic (exact) mass is 508 g/mol. The summed E-state index contributed by atoms with van der Waals surface area (Å²) in [6, 6.07) is 0. The normalized spacial score (nSPS) is 10.9. The first-order chi connectivity index (χ1) is 17.5. The zero-order chi connectivity index (χ0) is 26.6. The van der Waals surface area contributed by atoms with Gasteiger partial charge in [-0.1, -0.05) is 58.3 Å². The molecule has 36 heavy (non-hydrogen) atoms. The second-order valence-electron chi connectivity index (χ2n) is 9.24. The molecule has 10 nitrogen and oxygen atoms in total. The Morgan fingerprint density at radius 2 is 1.17 bits per heavy atom. The summed E-state index contributed by atoms with van der Waals surface area (Å²) in [5, 5.41) is 0. The Bertz CT molecular complexity index is 988. The van der Waals surface area contributed by atoms with Crippen molar-refractivity contribution in [3.8, 4) is 0 Å². The first kappa shape index (κ1) is 31.4. The van der Waals surface area contributed by atoms with Crippen LogP contribution >= 0.6 is 0 Å². The molecule has 0 radical (unpaired) electrons. The lowest BCUT2D eigenvalue weighted by Gasteiger charge is -2.14. The number of Topliss-reactive ketones (excluding diaryl/α,β-unsaturated/α-hetero) is 1. The van der Waals surface area contributed by atoms with E-state index in [-0.39, 0.29) is 25.5 Å². The molecule has 0 atom stereocenters. The second-order valence-corrected chi connectivity index (χ2v) is 9.24. The smallest absolute Gasteiger partial charge is 0.336 e. The van der Waals surface area contributed by atoms with Gasteiger partial charge in [0.1, 0.15) is 6.61 Å². The van der Waals surface area contributed by atoms with Crippen molar-refractivity contribution in [2.45, 2.75) is 116 Å². The topological polar surface area (TPSA) is 122 Å². The maximum atomic E-state index is 13.1. The molecule has 1 aromatic heterocycles. The number of nitrogens with zero attached hydrogens (tertiary/aromatic N) is 4. The van der Waals surface area contributed by atoms with Gasteiger partial charge in [0, 0.05) is 33.2 Å². The summed E-state index contributed by atoms with van der Waals surface area (Å²) in [7, 11) is 1.50. The van der Waals surface area contributed by atoms with Crippen LogP contribution in [0.2, 0.25) is 0 Å². The molecule has 0 aromatic carbocycles. The summed E-state index contributed by atoms with van der Waals surface area (Å²) in [6.45, 7) is 3.51. The van der Waals surface area contributed by atoms with E-state index < -0.39 is 17.1 Å². The first-order valence-electron chi connectivity index (χ1n) is 13.5. The summed E-state index contributed by atoms with van der Waals surface area (Å²) >= 11 is 0. The highest BCUT2D eigenvalue weighted by Gasteiger charge is 2.15. The van der Waals surface area contributed by atoms with Crippen LogP contribution < -0.4 is 17.1 Å². The molecule has 0 spiro atoms. The van der Waals surface area contributed by atoms with Crippen molar-refractivity contribution in [2.24, 2.45) is 4.99 Å². The van der Waals surface area contributed by atoms with Gasteiger partial charge in [0.15, 0.2) is 5.78 Å². The summed E-state index contributed by atoms with van der Waals surface area (Å²) < 4.78 is 8.44. The Hall–Kier alpha value is -2.58. The molecule has 0 aliphatic heterocycles. The summed E-state index contributed by atoms with van der Waals surface area (Å²) in [4.78, 5) is 64.4. The largest absolute Gasteiger partial charge is 0.377 e. The number of ether oxygens (including phenoxy) is 1. The number of hydrogen-bond acceptors (Lipinski definition) is 7. The minimum Gasteiger partial charge on any atom is -0.377 e. The molecule has 1 heterocycles. The maximum absolute atomic E-state index is 13.1. The molecule has 1 aromatic rings. The number of hydrogen-bond donors (Lipinski definition) is 0. The highest BCUT2D eigenvalue weighted by molar-refractivity contribution is 5.79. The van der Waals surface area contributed by atoms with Gasteiger partial charge in [0.2, 0.25) is 6.08 Å². The predicted molar refractivity (Wildman–Crippen MR) is 139 cm³/mol. The lowest BCUT2D eigenvalue weighted by Crippen LogP contribution is -2.54. The third-order valence-corrected chi connectivity index (χ3v) is 6.23. The fraction of sp³-hybridized carbons (Fsp3) is 0.808. The van der Waals surface area contributed by atoms with Crippen molar-refractivity contribution >= 4 is 11.9 Å². The molecule has 0 saturated heterocycles. The zero-order valence-electron chi connectivity index (χ0n) is 22.2. The fourth-order valence-corrected chi connectivity index (χ4v) is 4.17. The summed E-state index contributed by atoms with van der Waals surface area (Å²) in [5.74, 6) is 0.0686. The molecular formula is C26H44N4O6. The molecule has 0 aliphatic rings. The van der Waals surface area contributed by atoms with Crippen LogP contribution in [0.15, 0.2) is 19.4 Å². The van der Waals surface area contributed by atoms with Gasteiger partial charge in [0.05, 0.1) is 6.54 Å². The Labute approximate surface area is 213 Å². The van der Waals surface area contributed by atoms with Gasteiger partial charge < -0.3 is 4.74 Å². The SMILES string of the molecule is CCCCCCCn1c(=O)n(CCCCCCN=C=O)c(=O)n(CCCCCCC(=O)COC)c1=O. The number of rotatable bonds is 22. The molecule has 10 heteroatoms. The highest BCUT2D eigenvalue weighted by atomic mass is 16.5. The Kier molecular flexibility index (Phi) is 17.1. The number of aromatic nitrogens is 3. The van der Waals surface area contributed by atoms with E-state index in [0.717, 1.165) is 70.6 Å². The van der Waals surface area contributed by atoms with E-state index in [1.165, 1.54) is 26.9 Å². The van der Waals surface area contributed by atoms with Crippen molar-refractivity contribution in [3.05, 3.63) is 31.5 Å². The van der Waals surface area contributed by atoms with Crippen molar-refractivity contribution < 1.29 is 14.3 Å². The number of aliphatic imine (C=N–C) groups is 1. The molecule has 1 rings (SSSR count). The third kappa shape index (κ3) is 11.9. The number of carbonyl (C=O) groups excluding carboxylic acids is 2. The van der Waals surface area contributed by atoms with Crippen molar-refractivity contribution in [1.82, 2.24) is 13.7 Å². The van der Waals surface area contributed by atoms with Gasteiger partial charge in [-0.05, 0) is 32.1 Å². The average Bonchev–Trinajstić information content (AvgIpc) is 2.86. The number of ketones is 1. The van der Waals surface area contributed by atoms with E-state index in [9.17, 15) is 24.0 Å². The highest BCUT2D eigenvalue weighted by Crippen LogP contribution is 2.05. The van der Waals surface area contributed by atoms with E-state index in [0.29, 0.717) is 32.4 Å². The van der Waals surface area contributed by atoms with Crippen LogP contribution in [0.5, 0.6) is 0 Å². The number of isocyanates is 1. The van der Waals surface area contributed by atoms with Gasteiger partial charge in [-0.3, -0.25) is 4.79 Å². The average molecular weight is 509 g/mol. The van der Waals surface area contributed by atoms with Crippen LogP contribution in [-0.2, 0) is 34.0 Å². The van der Waals surface area contributed by atoms with Crippen molar-refractivity contribution in [3.63, 3.8) is 0 Å². The molecule has 0 fully saturated rings. The van der Waals surface area contributed by atoms with Crippen molar-refractivity contribution in [2.75, 3.05) is 20.3 Å². The van der Waals surface area contributed by atoms with Gasteiger partial charge in [-0.2, -0.15) is 0 Å². The van der Waals surface area contributed by atoms with Crippen molar-refractivity contribution in [1.29, 1.82) is 0 Å². The van der Waals surface area contributed by atoms with Gasteiger partial charge >= 0.3 is 17.1 Å². The second kappa shape index (κ2) is 19.6. The van der Waals surface area contributed by atoms with Crippen LogP contribution in [0, 0.1) is 0 Å². The number of carbonyl (C=O) groups is 1. The fourth-order valence-electron chi connectivity index (χ4n) is 4.17. The van der Waals surface area contributed by atoms with Gasteiger partial charge in [0.25, 0.3) is 0 Å². The van der Waals surface area contributed by atoms with E-state index >= 15 is 0 Å². The first-order valence-corrected chi connectivity index (χ1v) is 13.5. The molecule has 0 saturated carbocycles. The predicted octanol–water partition coefficient (Wildman–Crippen LogP) is 3.20. The minimum absolute atomic E-state index is 0.0686. The van der Waals surface area contributed by atoms with Crippen LogP contribution in [0.25, 0.3) is 0 Å². The minimum atomic E-state index is -0.548. The van der Waals surface area contributed by atoms with E-state index in [4.69, 9.17) is 4.74 Å². The van der Waals surface area contributed by atoms with Crippen LogP contribution in [0.3, 0.4) is 0 Å². The molecule has 0 aliphatic carbocycles. The lowest BCUT2D eigenvalue weighted by atomic mass is 10.1. The molecule has 0 amide bonds. The van der Waals surface area contributed by atoms with Crippen LogP contribution in [0.1, 0.15) is 96.8 Å². The Morgan fingerprint density at radius 1 is 0.722 bits per heavy atom. The quantitative estimate of drug-likeness (QED) is 0.135. The molecule has 0 bridgehead atoms. The van der Waals surface area contributed by atoms with E-state index in [2.05, 4.69) is 11.9 Å². The van der Waals surface area contributed by atoms with Gasteiger partial charge in [-0.25, -0.2) is 37.9 Å². The van der Waals surface area contributed by atoms with E-state index in [1.807, 2.05) is 0 Å². The Morgan fingerprint density at radius 3 is 1.61 bits per heavy atom. The molecule has 204 valence electrons. The van der Waals surface area contributed by atoms with Crippen LogP contribution in [0.4, 0.5) is 0 Å². The third-order valence-electron chi connectivity index (χ3n) is 6.23. The molecule has 0 N–H and O–H groups in total. The van der Waals surface area contributed by atoms with Crippen LogP contribution in [-0.4, -0.2) is 45.8 Å². The summed E-state index contributed by atoms with van der Waals surface area (Å²) in [6.07, 6.45) is 12.9. The zero-order valence-corrected chi connectivity index (χ0v) is 22.2. The molecule has 0 unspecified atom stereocenters. The van der Waals surface area contributed by atoms with Gasteiger partial charge in [-0.15, -0.1) is 0 Å². The Balaban J connectivity index is 2.85. The number of unbranched alkanes of at least 4 members (excludes halogenated alkanes) is 10.